The summed E-state index contributed by atoms with van der Waals surface area (Å²) < 4.78 is 10.9. The van der Waals surface area contributed by atoms with Gasteiger partial charge >= 0.3 is 5.97 Å². The van der Waals surface area contributed by atoms with Gasteiger partial charge in [-0.1, -0.05) is 6.07 Å². The summed E-state index contributed by atoms with van der Waals surface area (Å²) in [7, 11) is 1.35. The topological polar surface area (TPSA) is 48.4 Å². The predicted molar refractivity (Wildman–Crippen MR) is 61.2 cm³/mol. The Morgan fingerprint density at radius 3 is 3.06 bits per heavy atom. The van der Waals surface area contributed by atoms with E-state index in [4.69, 9.17) is 9.47 Å². The number of pyridine rings is 1. The molecule has 0 saturated carbocycles. The maximum atomic E-state index is 11.6. The normalized spacial score (nSPS) is 19.8. The van der Waals surface area contributed by atoms with Crippen LogP contribution in [0.25, 0.3) is 0 Å². The average molecular weight is 286 g/mol. The Balaban J connectivity index is 2.38. The van der Waals surface area contributed by atoms with Crippen LogP contribution >= 0.6 is 15.9 Å². The quantitative estimate of drug-likeness (QED) is 0.619. The zero-order valence-corrected chi connectivity index (χ0v) is 10.5. The Kier molecular flexibility index (Phi) is 3.56. The minimum Gasteiger partial charge on any atom is -0.464 e. The van der Waals surface area contributed by atoms with Crippen LogP contribution in [0.4, 0.5) is 0 Å². The number of rotatable bonds is 2. The van der Waals surface area contributed by atoms with Crippen LogP contribution in [-0.2, 0) is 9.47 Å². The van der Waals surface area contributed by atoms with E-state index in [1.807, 2.05) is 12.1 Å². The molecule has 16 heavy (non-hydrogen) atoms. The van der Waals surface area contributed by atoms with Gasteiger partial charge in [0.1, 0.15) is 4.60 Å². The van der Waals surface area contributed by atoms with Crippen LogP contribution in [0.5, 0.6) is 0 Å². The minimum atomic E-state index is -0.424. The van der Waals surface area contributed by atoms with E-state index >= 15 is 0 Å². The van der Waals surface area contributed by atoms with Crippen molar-refractivity contribution in [2.24, 2.45) is 0 Å². The van der Waals surface area contributed by atoms with Crippen molar-refractivity contribution >= 4 is 21.9 Å². The molecule has 1 saturated heterocycles. The van der Waals surface area contributed by atoms with E-state index in [-0.39, 0.29) is 6.10 Å². The van der Waals surface area contributed by atoms with Crippen molar-refractivity contribution in [3.8, 4) is 0 Å². The molecular weight excluding hydrogens is 274 g/mol. The molecule has 1 fully saturated rings. The fourth-order valence-corrected chi connectivity index (χ4v) is 2.10. The van der Waals surface area contributed by atoms with Crippen molar-refractivity contribution in [2.45, 2.75) is 18.9 Å². The fourth-order valence-electron chi connectivity index (χ4n) is 1.79. The van der Waals surface area contributed by atoms with E-state index in [9.17, 15) is 4.79 Å². The lowest BCUT2D eigenvalue weighted by Crippen LogP contribution is -2.11. The number of halogens is 1. The van der Waals surface area contributed by atoms with Crippen LogP contribution in [0.1, 0.15) is 35.0 Å². The van der Waals surface area contributed by atoms with Gasteiger partial charge in [0.15, 0.2) is 5.69 Å². The van der Waals surface area contributed by atoms with Crippen LogP contribution in [0.15, 0.2) is 16.7 Å². The van der Waals surface area contributed by atoms with Gasteiger partial charge < -0.3 is 9.47 Å². The van der Waals surface area contributed by atoms with Gasteiger partial charge in [-0.15, -0.1) is 0 Å². The first-order chi connectivity index (χ1) is 7.72. The monoisotopic (exact) mass is 285 g/mol. The third kappa shape index (κ3) is 2.25. The predicted octanol–water partition coefficient (Wildman–Crippen LogP) is 2.48. The van der Waals surface area contributed by atoms with Crippen molar-refractivity contribution in [1.29, 1.82) is 0 Å². The fraction of sp³-hybridized carbons (Fsp3) is 0.455. The Morgan fingerprint density at radius 2 is 2.44 bits per heavy atom. The second-order valence-electron chi connectivity index (χ2n) is 3.57. The van der Waals surface area contributed by atoms with Crippen molar-refractivity contribution in [3.05, 3.63) is 28.0 Å². The molecule has 0 aliphatic carbocycles. The summed E-state index contributed by atoms with van der Waals surface area (Å²) in [6.45, 7) is 0.737. The van der Waals surface area contributed by atoms with Crippen LogP contribution in [0.2, 0.25) is 0 Å². The molecule has 2 heterocycles. The molecular formula is C11H12BrNO3. The molecule has 5 heteroatoms. The summed E-state index contributed by atoms with van der Waals surface area (Å²) in [5, 5.41) is 0. The van der Waals surface area contributed by atoms with Gasteiger partial charge in [-0.3, -0.25) is 0 Å². The van der Waals surface area contributed by atoms with Gasteiger partial charge in [-0.25, -0.2) is 9.78 Å². The Labute approximate surface area is 102 Å². The first kappa shape index (κ1) is 11.5. The molecule has 4 nitrogen and oxygen atoms in total. The first-order valence-corrected chi connectivity index (χ1v) is 5.88. The van der Waals surface area contributed by atoms with Crippen LogP contribution in [0, 0.1) is 0 Å². The Bertz CT molecular complexity index is 402. The molecule has 0 N–H and O–H groups in total. The molecule has 0 radical (unpaired) electrons. The van der Waals surface area contributed by atoms with Crippen LogP contribution < -0.4 is 0 Å². The molecule has 0 spiro atoms. The Hall–Kier alpha value is -0.940. The molecule has 0 bridgehead atoms. The third-order valence-corrected chi connectivity index (χ3v) is 2.99. The molecule has 1 aromatic rings. The van der Waals surface area contributed by atoms with E-state index in [1.165, 1.54) is 7.11 Å². The summed E-state index contributed by atoms with van der Waals surface area (Å²) in [6, 6.07) is 3.67. The number of methoxy groups -OCH3 is 1. The zero-order chi connectivity index (χ0) is 11.5. The van der Waals surface area contributed by atoms with E-state index in [2.05, 4.69) is 20.9 Å². The highest BCUT2D eigenvalue weighted by Crippen LogP contribution is 2.31. The van der Waals surface area contributed by atoms with Crippen molar-refractivity contribution in [3.63, 3.8) is 0 Å². The van der Waals surface area contributed by atoms with E-state index in [0.29, 0.717) is 10.3 Å². The summed E-state index contributed by atoms with van der Waals surface area (Å²) in [6.07, 6.45) is 1.91. The zero-order valence-electron chi connectivity index (χ0n) is 8.90. The molecule has 1 unspecified atom stereocenters. The number of carbonyl (C=O) groups is 1. The smallest absolute Gasteiger partial charge is 0.357 e. The number of aromatic nitrogens is 1. The van der Waals surface area contributed by atoms with Crippen molar-refractivity contribution in [2.75, 3.05) is 13.7 Å². The highest BCUT2D eigenvalue weighted by atomic mass is 79.9. The van der Waals surface area contributed by atoms with E-state index in [0.717, 1.165) is 25.0 Å². The summed E-state index contributed by atoms with van der Waals surface area (Å²) >= 11 is 3.24. The Morgan fingerprint density at radius 1 is 1.62 bits per heavy atom. The number of carbonyl (C=O) groups excluding carboxylic acids is 1. The van der Waals surface area contributed by atoms with Gasteiger partial charge in [0, 0.05) is 12.2 Å². The number of hydrogen-bond acceptors (Lipinski definition) is 4. The number of ether oxygens (including phenoxy) is 2. The van der Waals surface area contributed by atoms with Gasteiger partial charge in [-0.05, 0) is 34.8 Å². The SMILES string of the molecule is COC(=O)c1nc(Br)ccc1C1CCCO1. The highest BCUT2D eigenvalue weighted by molar-refractivity contribution is 9.10. The molecule has 1 aliphatic heterocycles. The van der Waals surface area contributed by atoms with Crippen molar-refractivity contribution < 1.29 is 14.3 Å². The molecule has 1 aromatic heterocycles. The molecule has 86 valence electrons. The number of hydrogen-bond donors (Lipinski definition) is 0. The third-order valence-electron chi connectivity index (χ3n) is 2.55. The molecule has 1 atom stereocenters. The van der Waals surface area contributed by atoms with Gasteiger partial charge in [-0.2, -0.15) is 0 Å². The second-order valence-corrected chi connectivity index (χ2v) is 4.38. The van der Waals surface area contributed by atoms with Gasteiger partial charge in [0.05, 0.1) is 13.2 Å². The van der Waals surface area contributed by atoms with Gasteiger partial charge in [0.25, 0.3) is 0 Å². The van der Waals surface area contributed by atoms with Crippen molar-refractivity contribution in [1.82, 2.24) is 4.98 Å². The second kappa shape index (κ2) is 4.93. The van der Waals surface area contributed by atoms with E-state index < -0.39 is 5.97 Å². The maximum absolute atomic E-state index is 11.6. The summed E-state index contributed by atoms with van der Waals surface area (Å²) in [5.41, 5.74) is 1.15. The lowest BCUT2D eigenvalue weighted by molar-refractivity contribution is 0.0579. The highest BCUT2D eigenvalue weighted by Gasteiger charge is 2.25. The average Bonchev–Trinajstić information content (AvgIpc) is 2.81. The molecule has 2 rings (SSSR count). The minimum absolute atomic E-state index is 0.0327. The molecule has 0 aromatic carbocycles. The van der Waals surface area contributed by atoms with Gasteiger partial charge in [0.2, 0.25) is 0 Å². The molecule has 0 amide bonds. The lowest BCUT2D eigenvalue weighted by atomic mass is 10.1. The number of nitrogens with zero attached hydrogens (tertiary/aromatic N) is 1. The van der Waals surface area contributed by atoms with Crippen LogP contribution in [0.3, 0.4) is 0 Å². The summed E-state index contributed by atoms with van der Waals surface area (Å²) in [5.74, 6) is -0.424. The molecule has 1 aliphatic rings. The summed E-state index contributed by atoms with van der Waals surface area (Å²) in [4.78, 5) is 15.7. The number of esters is 1. The van der Waals surface area contributed by atoms with E-state index in [1.54, 1.807) is 0 Å². The standard InChI is InChI=1S/C11H12BrNO3/c1-15-11(14)10-7(4-5-9(12)13-10)8-3-2-6-16-8/h4-5,8H,2-3,6H2,1H3. The van der Waals surface area contributed by atoms with Crippen LogP contribution in [-0.4, -0.2) is 24.7 Å². The lowest BCUT2D eigenvalue weighted by Gasteiger charge is -2.13. The first-order valence-electron chi connectivity index (χ1n) is 5.08. The largest absolute Gasteiger partial charge is 0.464 e. The maximum Gasteiger partial charge on any atom is 0.357 e.